The van der Waals surface area contributed by atoms with Gasteiger partial charge in [0.2, 0.25) is 5.43 Å². The third kappa shape index (κ3) is 2.01. The number of carboxylic acid groups (broad SMARTS) is 1. The molecule has 0 spiro atoms. The van der Waals surface area contributed by atoms with Crippen molar-refractivity contribution in [2.24, 2.45) is 0 Å². The maximum Gasteiger partial charge on any atom is 0.342 e. The molecule has 0 unspecified atom stereocenters. The van der Waals surface area contributed by atoms with Crippen molar-refractivity contribution in [3.05, 3.63) is 45.8 Å². The summed E-state index contributed by atoms with van der Waals surface area (Å²) in [4.78, 5) is 22.9. The first-order chi connectivity index (χ1) is 8.30. The summed E-state index contributed by atoms with van der Waals surface area (Å²) in [5, 5.41) is 9.20. The molecule has 1 N–H and O–H groups in total. The van der Waals surface area contributed by atoms with E-state index in [1.54, 1.807) is 12.1 Å². The molecule has 18 heavy (non-hydrogen) atoms. The van der Waals surface area contributed by atoms with Crippen molar-refractivity contribution in [1.82, 2.24) is 0 Å². The maximum atomic E-state index is 12.0. The van der Waals surface area contributed by atoms with Crippen LogP contribution in [0.3, 0.4) is 0 Å². The number of fused-ring (bicyclic) bond motifs is 1. The van der Waals surface area contributed by atoms with Crippen LogP contribution in [-0.2, 0) is 5.41 Å². The fourth-order valence-electron chi connectivity index (χ4n) is 1.75. The lowest BCUT2D eigenvalue weighted by Crippen LogP contribution is -2.16. The van der Waals surface area contributed by atoms with Crippen LogP contribution in [0.1, 0.15) is 36.7 Å². The SMILES string of the molecule is CC(C)(C)c1ccc2occ(C(=O)O)c(=O)c2c1. The largest absolute Gasteiger partial charge is 0.477 e. The van der Waals surface area contributed by atoms with E-state index in [1.165, 1.54) is 0 Å². The Balaban J connectivity index is 2.79. The summed E-state index contributed by atoms with van der Waals surface area (Å²) >= 11 is 0. The summed E-state index contributed by atoms with van der Waals surface area (Å²) in [6.07, 6.45) is 0.990. The van der Waals surface area contributed by atoms with Crippen LogP contribution in [0.15, 0.2) is 33.7 Å². The Morgan fingerprint density at radius 2 is 1.94 bits per heavy atom. The number of carboxylic acids is 1. The zero-order chi connectivity index (χ0) is 13.5. The molecule has 0 aliphatic heterocycles. The van der Waals surface area contributed by atoms with Gasteiger partial charge in [-0.25, -0.2) is 4.79 Å². The molecule has 2 aromatic rings. The van der Waals surface area contributed by atoms with E-state index in [-0.39, 0.29) is 11.0 Å². The Kier molecular flexibility index (Phi) is 2.73. The summed E-state index contributed by atoms with van der Waals surface area (Å²) in [5.74, 6) is -1.27. The first-order valence-corrected chi connectivity index (χ1v) is 5.60. The Morgan fingerprint density at radius 1 is 1.28 bits per heavy atom. The highest BCUT2D eigenvalue weighted by Crippen LogP contribution is 2.25. The molecule has 1 heterocycles. The molecule has 0 saturated heterocycles. The molecule has 2 rings (SSSR count). The van der Waals surface area contributed by atoms with Gasteiger partial charge in [0.05, 0.1) is 5.39 Å². The molecule has 0 fully saturated rings. The smallest absolute Gasteiger partial charge is 0.342 e. The van der Waals surface area contributed by atoms with Crippen molar-refractivity contribution in [2.75, 3.05) is 0 Å². The van der Waals surface area contributed by atoms with Crippen molar-refractivity contribution >= 4 is 16.9 Å². The number of carbonyl (C=O) groups is 1. The summed E-state index contributed by atoms with van der Waals surface area (Å²) in [6.45, 7) is 6.07. The number of hydrogen-bond acceptors (Lipinski definition) is 3. The fourth-order valence-corrected chi connectivity index (χ4v) is 1.75. The van der Waals surface area contributed by atoms with Crippen molar-refractivity contribution in [2.45, 2.75) is 26.2 Å². The second-order valence-electron chi connectivity index (χ2n) is 5.24. The highest BCUT2D eigenvalue weighted by atomic mass is 16.4. The van der Waals surface area contributed by atoms with E-state index >= 15 is 0 Å². The highest BCUT2D eigenvalue weighted by molar-refractivity contribution is 5.91. The van der Waals surface area contributed by atoms with Crippen LogP contribution in [0.2, 0.25) is 0 Å². The van der Waals surface area contributed by atoms with Crippen LogP contribution in [-0.4, -0.2) is 11.1 Å². The average molecular weight is 246 g/mol. The first kappa shape index (κ1) is 12.4. The van der Waals surface area contributed by atoms with Crippen LogP contribution in [0.4, 0.5) is 0 Å². The molecule has 0 atom stereocenters. The van der Waals surface area contributed by atoms with Crippen molar-refractivity contribution < 1.29 is 14.3 Å². The highest BCUT2D eigenvalue weighted by Gasteiger charge is 2.17. The molecule has 1 aromatic heterocycles. The van der Waals surface area contributed by atoms with Gasteiger partial charge in [-0.3, -0.25) is 4.79 Å². The van der Waals surface area contributed by atoms with Gasteiger partial charge in [0, 0.05) is 0 Å². The van der Waals surface area contributed by atoms with E-state index in [4.69, 9.17) is 9.52 Å². The average Bonchev–Trinajstić information content (AvgIpc) is 2.27. The van der Waals surface area contributed by atoms with Crippen LogP contribution < -0.4 is 5.43 Å². The van der Waals surface area contributed by atoms with Gasteiger partial charge in [-0.1, -0.05) is 26.8 Å². The standard InChI is InChI=1S/C14H14O4/c1-14(2,3)8-4-5-11-9(6-8)12(15)10(7-18-11)13(16)17/h4-7H,1-3H3,(H,16,17). The van der Waals surface area contributed by atoms with E-state index in [1.807, 2.05) is 26.8 Å². The monoisotopic (exact) mass is 246 g/mol. The molecule has 0 amide bonds. The second-order valence-corrected chi connectivity index (χ2v) is 5.24. The Bertz CT molecular complexity index is 674. The molecule has 4 nitrogen and oxygen atoms in total. The molecule has 0 saturated carbocycles. The lowest BCUT2D eigenvalue weighted by Gasteiger charge is -2.19. The van der Waals surface area contributed by atoms with Gasteiger partial charge < -0.3 is 9.52 Å². The van der Waals surface area contributed by atoms with E-state index in [0.29, 0.717) is 11.0 Å². The van der Waals surface area contributed by atoms with E-state index in [9.17, 15) is 9.59 Å². The summed E-state index contributed by atoms with van der Waals surface area (Å²) < 4.78 is 5.17. The van der Waals surface area contributed by atoms with Gasteiger partial charge >= 0.3 is 5.97 Å². The molecule has 1 aromatic carbocycles. The molecule has 0 radical (unpaired) electrons. The topological polar surface area (TPSA) is 67.5 Å². The molecule has 0 bridgehead atoms. The van der Waals surface area contributed by atoms with Crippen LogP contribution in [0.5, 0.6) is 0 Å². The van der Waals surface area contributed by atoms with Crippen molar-refractivity contribution in [3.8, 4) is 0 Å². The van der Waals surface area contributed by atoms with E-state index in [0.717, 1.165) is 11.8 Å². The Hall–Kier alpha value is -2.10. The van der Waals surface area contributed by atoms with Crippen LogP contribution in [0, 0.1) is 0 Å². The van der Waals surface area contributed by atoms with Crippen molar-refractivity contribution in [3.63, 3.8) is 0 Å². The molecule has 0 aliphatic carbocycles. The van der Waals surface area contributed by atoms with Crippen LogP contribution >= 0.6 is 0 Å². The predicted octanol–water partition coefficient (Wildman–Crippen LogP) is 2.79. The number of benzene rings is 1. The fraction of sp³-hybridized carbons (Fsp3) is 0.286. The lowest BCUT2D eigenvalue weighted by molar-refractivity contribution is 0.0693. The minimum Gasteiger partial charge on any atom is -0.477 e. The molecule has 94 valence electrons. The van der Waals surface area contributed by atoms with Crippen molar-refractivity contribution in [1.29, 1.82) is 0 Å². The molecule has 0 aliphatic rings. The van der Waals surface area contributed by atoms with Gasteiger partial charge in [0.15, 0.2) is 0 Å². The summed E-state index contributed by atoms with van der Waals surface area (Å²) in [6, 6.07) is 5.28. The first-order valence-electron chi connectivity index (χ1n) is 5.60. The second kappa shape index (κ2) is 3.98. The zero-order valence-electron chi connectivity index (χ0n) is 10.5. The summed E-state index contributed by atoms with van der Waals surface area (Å²) in [5.41, 5.74) is 0.408. The minimum absolute atomic E-state index is 0.111. The maximum absolute atomic E-state index is 12.0. The number of aromatic carboxylic acids is 1. The van der Waals surface area contributed by atoms with E-state index in [2.05, 4.69) is 0 Å². The van der Waals surface area contributed by atoms with Gasteiger partial charge in [-0.15, -0.1) is 0 Å². The van der Waals surface area contributed by atoms with Gasteiger partial charge in [-0.2, -0.15) is 0 Å². The third-order valence-electron chi connectivity index (χ3n) is 2.87. The molecular weight excluding hydrogens is 232 g/mol. The van der Waals surface area contributed by atoms with Gasteiger partial charge in [0.1, 0.15) is 17.4 Å². The number of hydrogen-bond donors (Lipinski definition) is 1. The lowest BCUT2D eigenvalue weighted by atomic mass is 9.86. The Morgan fingerprint density at radius 3 is 2.50 bits per heavy atom. The molecule has 4 heteroatoms. The molecular formula is C14H14O4. The third-order valence-corrected chi connectivity index (χ3v) is 2.87. The van der Waals surface area contributed by atoms with Crippen LogP contribution in [0.25, 0.3) is 11.0 Å². The van der Waals surface area contributed by atoms with Gasteiger partial charge in [0.25, 0.3) is 0 Å². The quantitative estimate of drug-likeness (QED) is 0.840. The predicted molar refractivity (Wildman–Crippen MR) is 68.1 cm³/mol. The normalized spacial score (nSPS) is 11.7. The van der Waals surface area contributed by atoms with E-state index < -0.39 is 11.4 Å². The zero-order valence-corrected chi connectivity index (χ0v) is 10.5. The summed E-state index contributed by atoms with van der Waals surface area (Å²) in [7, 11) is 0. The Labute approximate surface area is 104 Å². The minimum atomic E-state index is -1.27. The number of rotatable bonds is 1. The van der Waals surface area contributed by atoms with Gasteiger partial charge in [-0.05, 0) is 23.1 Å².